The Morgan fingerprint density at radius 3 is 1.50 bits per heavy atom. The van der Waals surface area contributed by atoms with Gasteiger partial charge in [0.15, 0.2) is 0 Å². The van der Waals surface area contributed by atoms with Gasteiger partial charge in [-0.25, -0.2) is 0 Å². The largest absolute Gasteiger partial charge is 0.393 e. The summed E-state index contributed by atoms with van der Waals surface area (Å²) in [6.07, 6.45) is 10.0. The van der Waals surface area contributed by atoms with Crippen molar-refractivity contribution < 1.29 is 10.2 Å². The lowest BCUT2D eigenvalue weighted by Gasteiger charge is -2.01. The Morgan fingerprint density at radius 1 is 0.857 bits per heavy atom. The molecule has 84 valence electrons. The van der Waals surface area contributed by atoms with Crippen LogP contribution < -0.4 is 0 Å². The van der Waals surface area contributed by atoms with Crippen molar-refractivity contribution in [2.45, 2.75) is 64.6 Å². The van der Waals surface area contributed by atoms with Gasteiger partial charge in [-0.05, 0) is 52.4 Å². The van der Waals surface area contributed by atoms with E-state index in [0.29, 0.717) is 0 Å². The molecule has 0 bridgehead atoms. The zero-order valence-electron chi connectivity index (χ0n) is 9.45. The molecule has 0 unspecified atom stereocenters. The lowest BCUT2D eigenvalue weighted by molar-refractivity contribution is 0.181. The van der Waals surface area contributed by atoms with Crippen molar-refractivity contribution in [3.05, 3.63) is 12.2 Å². The molecule has 0 aromatic carbocycles. The van der Waals surface area contributed by atoms with E-state index in [1.807, 2.05) is 13.8 Å². The third-order valence-electron chi connectivity index (χ3n) is 2.15. The second-order valence-electron chi connectivity index (χ2n) is 4.03. The van der Waals surface area contributed by atoms with Gasteiger partial charge in [-0.1, -0.05) is 12.2 Å². The van der Waals surface area contributed by atoms with E-state index < -0.39 is 0 Å². The average molecular weight is 200 g/mol. The van der Waals surface area contributed by atoms with Crippen LogP contribution in [-0.2, 0) is 0 Å². The number of hydrogen-bond donors (Lipinski definition) is 2. The molecule has 2 atom stereocenters. The van der Waals surface area contributed by atoms with Gasteiger partial charge < -0.3 is 10.2 Å². The molecule has 0 fully saturated rings. The van der Waals surface area contributed by atoms with E-state index in [-0.39, 0.29) is 12.2 Å². The molecule has 2 N–H and O–H groups in total. The second-order valence-corrected chi connectivity index (χ2v) is 4.03. The predicted octanol–water partition coefficient (Wildman–Crippen LogP) is 2.64. The van der Waals surface area contributed by atoms with E-state index in [2.05, 4.69) is 12.2 Å². The van der Waals surface area contributed by atoms with Crippen molar-refractivity contribution in [1.82, 2.24) is 0 Å². The summed E-state index contributed by atoms with van der Waals surface area (Å²) in [4.78, 5) is 0. The Balaban J connectivity index is 3.12. The van der Waals surface area contributed by atoms with Gasteiger partial charge in [-0.2, -0.15) is 0 Å². The lowest BCUT2D eigenvalue weighted by Crippen LogP contribution is -1.98. The Labute approximate surface area is 87.7 Å². The van der Waals surface area contributed by atoms with Crippen LogP contribution in [0.25, 0.3) is 0 Å². The zero-order valence-corrected chi connectivity index (χ0v) is 9.45. The van der Waals surface area contributed by atoms with Crippen LogP contribution in [0.4, 0.5) is 0 Å². The van der Waals surface area contributed by atoms with Crippen LogP contribution in [0.5, 0.6) is 0 Å². The monoisotopic (exact) mass is 200 g/mol. The van der Waals surface area contributed by atoms with E-state index >= 15 is 0 Å². The smallest absolute Gasteiger partial charge is 0.0512 e. The third kappa shape index (κ3) is 11.7. The van der Waals surface area contributed by atoms with E-state index in [1.54, 1.807) is 0 Å². The molecular formula is C12H24O2. The summed E-state index contributed by atoms with van der Waals surface area (Å²) in [5.74, 6) is 0. The topological polar surface area (TPSA) is 40.5 Å². The van der Waals surface area contributed by atoms with Gasteiger partial charge >= 0.3 is 0 Å². The zero-order chi connectivity index (χ0) is 10.8. The van der Waals surface area contributed by atoms with Crippen molar-refractivity contribution in [3.8, 4) is 0 Å². The fourth-order valence-electron chi connectivity index (χ4n) is 1.30. The highest BCUT2D eigenvalue weighted by Gasteiger charge is 1.93. The minimum atomic E-state index is -0.168. The van der Waals surface area contributed by atoms with Crippen LogP contribution in [0, 0.1) is 0 Å². The van der Waals surface area contributed by atoms with Crippen LogP contribution in [0.1, 0.15) is 52.4 Å². The van der Waals surface area contributed by atoms with Gasteiger partial charge in [0.05, 0.1) is 12.2 Å². The molecule has 0 aliphatic rings. The van der Waals surface area contributed by atoms with E-state index in [0.717, 1.165) is 38.5 Å². The summed E-state index contributed by atoms with van der Waals surface area (Å²) >= 11 is 0. The summed E-state index contributed by atoms with van der Waals surface area (Å²) in [7, 11) is 0. The van der Waals surface area contributed by atoms with Gasteiger partial charge in [0, 0.05) is 0 Å². The second kappa shape index (κ2) is 9.22. The van der Waals surface area contributed by atoms with Crippen LogP contribution in [0.2, 0.25) is 0 Å². The first-order valence-electron chi connectivity index (χ1n) is 5.64. The minimum Gasteiger partial charge on any atom is -0.393 e. The van der Waals surface area contributed by atoms with E-state index in [9.17, 15) is 0 Å². The fourth-order valence-corrected chi connectivity index (χ4v) is 1.30. The van der Waals surface area contributed by atoms with Crippen molar-refractivity contribution in [1.29, 1.82) is 0 Å². The molecule has 14 heavy (non-hydrogen) atoms. The standard InChI is InChI=1S/C12H24O2/c1-11(13)9-7-5-3-4-6-8-10-12(2)14/h3-4,11-14H,5-10H2,1-2H3/b4-3+/t11-,12-/m0/s1. The van der Waals surface area contributed by atoms with Crippen molar-refractivity contribution in [2.24, 2.45) is 0 Å². The highest BCUT2D eigenvalue weighted by Crippen LogP contribution is 2.04. The number of rotatable bonds is 8. The quantitative estimate of drug-likeness (QED) is 0.467. The Morgan fingerprint density at radius 2 is 1.21 bits per heavy atom. The normalized spacial score (nSPS) is 16.0. The highest BCUT2D eigenvalue weighted by molar-refractivity contribution is 4.81. The van der Waals surface area contributed by atoms with Crippen LogP contribution in [0.15, 0.2) is 12.2 Å². The number of aliphatic hydroxyl groups excluding tert-OH is 2. The maximum Gasteiger partial charge on any atom is 0.0512 e. The maximum atomic E-state index is 9.00. The molecule has 0 aromatic rings. The Hall–Kier alpha value is -0.340. The van der Waals surface area contributed by atoms with Crippen LogP contribution in [0.3, 0.4) is 0 Å². The van der Waals surface area contributed by atoms with Crippen molar-refractivity contribution >= 4 is 0 Å². The number of unbranched alkanes of at least 4 members (excludes halogenated alkanes) is 2. The number of aliphatic hydroxyl groups is 2. The Bertz CT molecular complexity index is 123. The molecule has 0 saturated carbocycles. The highest BCUT2D eigenvalue weighted by atomic mass is 16.3. The summed E-state index contributed by atoms with van der Waals surface area (Å²) in [6, 6.07) is 0. The van der Waals surface area contributed by atoms with E-state index in [4.69, 9.17) is 10.2 Å². The maximum absolute atomic E-state index is 9.00. The first kappa shape index (κ1) is 13.7. The molecule has 2 heteroatoms. The SMILES string of the molecule is C[C@H](O)CCC/C=C/CCC[C@H](C)O. The summed E-state index contributed by atoms with van der Waals surface area (Å²) in [6.45, 7) is 3.65. The number of hydrogen-bond acceptors (Lipinski definition) is 2. The Kier molecular flexibility index (Phi) is 9.00. The molecule has 0 aliphatic heterocycles. The van der Waals surface area contributed by atoms with Gasteiger partial charge in [0.1, 0.15) is 0 Å². The molecule has 0 spiro atoms. The molecule has 0 heterocycles. The van der Waals surface area contributed by atoms with Gasteiger partial charge in [0.25, 0.3) is 0 Å². The molecule has 0 rings (SSSR count). The average Bonchev–Trinajstić information content (AvgIpc) is 2.08. The first-order chi connectivity index (χ1) is 6.63. The molecule has 0 radical (unpaired) electrons. The van der Waals surface area contributed by atoms with E-state index in [1.165, 1.54) is 0 Å². The predicted molar refractivity (Wildman–Crippen MR) is 60.2 cm³/mol. The number of allylic oxidation sites excluding steroid dienone is 2. The molecule has 0 aliphatic carbocycles. The molecule has 2 nitrogen and oxygen atoms in total. The van der Waals surface area contributed by atoms with Crippen LogP contribution >= 0.6 is 0 Å². The van der Waals surface area contributed by atoms with Crippen molar-refractivity contribution in [2.75, 3.05) is 0 Å². The van der Waals surface area contributed by atoms with Crippen molar-refractivity contribution in [3.63, 3.8) is 0 Å². The lowest BCUT2D eigenvalue weighted by atomic mass is 10.1. The molecular weight excluding hydrogens is 176 g/mol. The third-order valence-corrected chi connectivity index (χ3v) is 2.15. The molecule has 0 amide bonds. The molecule has 0 aromatic heterocycles. The van der Waals surface area contributed by atoms with Gasteiger partial charge in [0.2, 0.25) is 0 Å². The summed E-state index contributed by atoms with van der Waals surface area (Å²) in [5.41, 5.74) is 0. The van der Waals surface area contributed by atoms with Gasteiger partial charge in [-0.15, -0.1) is 0 Å². The minimum absolute atomic E-state index is 0.168. The van der Waals surface area contributed by atoms with Crippen LogP contribution in [-0.4, -0.2) is 22.4 Å². The summed E-state index contributed by atoms with van der Waals surface area (Å²) < 4.78 is 0. The fraction of sp³-hybridized carbons (Fsp3) is 0.833. The summed E-state index contributed by atoms with van der Waals surface area (Å²) in [5, 5.41) is 18.0. The first-order valence-corrected chi connectivity index (χ1v) is 5.64. The van der Waals surface area contributed by atoms with Gasteiger partial charge in [-0.3, -0.25) is 0 Å². The molecule has 0 saturated heterocycles.